The molecule has 1 fully saturated rings. The van der Waals surface area contributed by atoms with Crippen molar-refractivity contribution in [2.24, 2.45) is 0 Å². The molecule has 0 aromatic heterocycles. The van der Waals surface area contributed by atoms with E-state index in [-0.39, 0.29) is 11.6 Å². The van der Waals surface area contributed by atoms with E-state index in [0.717, 1.165) is 25.7 Å². The minimum absolute atomic E-state index is 0.175. The second kappa shape index (κ2) is 5.82. The van der Waals surface area contributed by atoms with Crippen molar-refractivity contribution in [3.05, 3.63) is 29.6 Å². The highest BCUT2D eigenvalue weighted by molar-refractivity contribution is 5.99. The van der Waals surface area contributed by atoms with Gasteiger partial charge >= 0.3 is 0 Å². The first-order valence-corrected chi connectivity index (χ1v) is 6.22. The lowest BCUT2D eigenvalue weighted by atomic mass is 10.1. The molecular weight excluding hydrogens is 233 g/mol. The van der Waals surface area contributed by atoms with E-state index in [4.69, 9.17) is 5.73 Å². The zero-order valence-electron chi connectivity index (χ0n) is 10.3. The molecule has 0 atom stereocenters. The zero-order chi connectivity index (χ0) is 13.0. The number of nitrogens with zero attached hydrogens (tertiary/aromatic N) is 1. The maximum absolute atomic E-state index is 12.8. The van der Waals surface area contributed by atoms with Crippen molar-refractivity contribution in [2.45, 2.75) is 12.8 Å². The van der Waals surface area contributed by atoms with Crippen LogP contribution in [0.2, 0.25) is 0 Å². The summed E-state index contributed by atoms with van der Waals surface area (Å²) in [7, 11) is 0. The highest BCUT2D eigenvalue weighted by Gasteiger charge is 2.13. The molecule has 98 valence electrons. The van der Waals surface area contributed by atoms with Gasteiger partial charge in [-0.05, 0) is 44.1 Å². The standard InChI is InChI=1S/C13H18FN3O/c14-10-3-4-11(12(15)9-10)13(18)16-5-8-17-6-1-2-7-17/h3-4,9H,1-2,5-8,15H2,(H,16,18). The third kappa shape index (κ3) is 3.20. The first-order chi connectivity index (χ1) is 8.66. The van der Waals surface area contributed by atoms with Crippen molar-refractivity contribution in [3.63, 3.8) is 0 Å². The number of carbonyl (C=O) groups is 1. The summed E-state index contributed by atoms with van der Waals surface area (Å²) >= 11 is 0. The second-order valence-corrected chi connectivity index (χ2v) is 4.54. The number of nitrogen functional groups attached to an aromatic ring is 1. The lowest BCUT2D eigenvalue weighted by Gasteiger charge is -2.15. The Labute approximate surface area is 106 Å². The van der Waals surface area contributed by atoms with Gasteiger partial charge in [-0.25, -0.2) is 4.39 Å². The van der Waals surface area contributed by atoms with Crippen LogP contribution < -0.4 is 11.1 Å². The SMILES string of the molecule is Nc1cc(F)ccc1C(=O)NCCN1CCCC1. The van der Waals surface area contributed by atoms with Crippen LogP contribution in [0.4, 0.5) is 10.1 Å². The Kier molecular flexibility index (Phi) is 4.15. The Morgan fingerprint density at radius 1 is 1.39 bits per heavy atom. The van der Waals surface area contributed by atoms with E-state index in [9.17, 15) is 9.18 Å². The van der Waals surface area contributed by atoms with Gasteiger partial charge in [-0.15, -0.1) is 0 Å². The van der Waals surface area contributed by atoms with E-state index in [2.05, 4.69) is 10.2 Å². The molecule has 1 heterocycles. The van der Waals surface area contributed by atoms with Crippen molar-refractivity contribution in [1.82, 2.24) is 10.2 Å². The Hall–Kier alpha value is -1.62. The third-order valence-corrected chi connectivity index (χ3v) is 3.17. The summed E-state index contributed by atoms with van der Waals surface area (Å²) in [5.41, 5.74) is 6.11. The molecule has 0 saturated carbocycles. The molecule has 0 spiro atoms. The summed E-state index contributed by atoms with van der Waals surface area (Å²) in [6, 6.07) is 3.82. The fourth-order valence-corrected chi connectivity index (χ4v) is 2.17. The quantitative estimate of drug-likeness (QED) is 0.791. The molecule has 1 aromatic rings. The predicted octanol–water partition coefficient (Wildman–Crippen LogP) is 1.23. The molecule has 1 amide bonds. The molecule has 0 bridgehead atoms. The summed E-state index contributed by atoms with van der Waals surface area (Å²) in [5, 5.41) is 2.80. The van der Waals surface area contributed by atoms with Crippen LogP contribution in [-0.2, 0) is 0 Å². The molecular formula is C13H18FN3O. The number of likely N-dealkylation sites (tertiary alicyclic amines) is 1. The third-order valence-electron chi connectivity index (χ3n) is 3.17. The number of benzene rings is 1. The van der Waals surface area contributed by atoms with Crippen molar-refractivity contribution >= 4 is 11.6 Å². The first kappa shape index (κ1) is 12.8. The smallest absolute Gasteiger partial charge is 0.253 e. The average Bonchev–Trinajstić information content (AvgIpc) is 2.81. The minimum atomic E-state index is -0.430. The molecule has 5 heteroatoms. The summed E-state index contributed by atoms with van der Waals surface area (Å²) < 4.78 is 12.8. The van der Waals surface area contributed by atoms with Crippen LogP contribution in [0.15, 0.2) is 18.2 Å². The Morgan fingerprint density at radius 2 is 2.11 bits per heavy atom. The molecule has 4 nitrogen and oxygen atoms in total. The molecule has 0 radical (unpaired) electrons. The fraction of sp³-hybridized carbons (Fsp3) is 0.462. The van der Waals surface area contributed by atoms with E-state index in [0.29, 0.717) is 12.1 Å². The van der Waals surface area contributed by atoms with Crippen molar-refractivity contribution in [1.29, 1.82) is 0 Å². The second-order valence-electron chi connectivity index (χ2n) is 4.54. The molecule has 1 aliphatic rings. The van der Waals surface area contributed by atoms with Crippen molar-refractivity contribution in [2.75, 3.05) is 31.9 Å². The van der Waals surface area contributed by atoms with Crippen molar-refractivity contribution < 1.29 is 9.18 Å². The molecule has 1 saturated heterocycles. The number of halogens is 1. The fourth-order valence-electron chi connectivity index (χ4n) is 2.17. The van der Waals surface area contributed by atoms with Crippen LogP contribution in [0.3, 0.4) is 0 Å². The topological polar surface area (TPSA) is 58.4 Å². The number of nitrogens with one attached hydrogen (secondary N) is 1. The Morgan fingerprint density at radius 3 is 2.78 bits per heavy atom. The van der Waals surface area contributed by atoms with Gasteiger partial charge in [0.1, 0.15) is 5.82 Å². The summed E-state index contributed by atoms with van der Waals surface area (Å²) in [5.74, 6) is -0.673. The highest BCUT2D eigenvalue weighted by atomic mass is 19.1. The average molecular weight is 251 g/mol. The minimum Gasteiger partial charge on any atom is -0.398 e. The summed E-state index contributed by atoms with van der Waals surface area (Å²) in [6.07, 6.45) is 2.47. The number of rotatable bonds is 4. The lowest BCUT2D eigenvalue weighted by molar-refractivity contribution is 0.0950. The Bertz CT molecular complexity index is 430. The molecule has 0 aliphatic carbocycles. The first-order valence-electron chi connectivity index (χ1n) is 6.22. The van der Waals surface area contributed by atoms with Gasteiger partial charge in [0.2, 0.25) is 0 Å². The number of carbonyl (C=O) groups excluding carboxylic acids is 1. The van der Waals surface area contributed by atoms with Crippen LogP contribution in [0, 0.1) is 5.82 Å². The van der Waals surface area contributed by atoms with Crippen molar-refractivity contribution in [3.8, 4) is 0 Å². The summed E-state index contributed by atoms with van der Waals surface area (Å²) in [6.45, 7) is 3.66. The maximum atomic E-state index is 12.8. The highest BCUT2D eigenvalue weighted by Crippen LogP contribution is 2.13. The van der Waals surface area contributed by atoms with Crippen LogP contribution in [-0.4, -0.2) is 37.0 Å². The van der Waals surface area contributed by atoms with Gasteiger partial charge in [0.15, 0.2) is 0 Å². The number of hydrogen-bond acceptors (Lipinski definition) is 3. The molecule has 3 N–H and O–H groups in total. The van der Waals surface area contributed by atoms with E-state index in [1.54, 1.807) is 0 Å². The van der Waals surface area contributed by atoms with Gasteiger partial charge in [-0.2, -0.15) is 0 Å². The van der Waals surface area contributed by atoms with E-state index in [1.807, 2.05) is 0 Å². The molecule has 2 rings (SSSR count). The Balaban J connectivity index is 1.83. The predicted molar refractivity (Wildman–Crippen MR) is 68.8 cm³/mol. The van der Waals surface area contributed by atoms with Crippen LogP contribution in [0.5, 0.6) is 0 Å². The lowest BCUT2D eigenvalue weighted by Crippen LogP contribution is -2.33. The van der Waals surface area contributed by atoms with Gasteiger partial charge in [0.05, 0.1) is 5.56 Å². The molecule has 0 unspecified atom stereocenters. The van der Waals surface area contributed by atoms with Gasteiger partial charge in [0.25, 0.3) is 5.91 Å². The number of amides is 1. The normalized spacial score (nSPS) is 15.8. The molecule has 1 aromatic carbocycles. The number of anilines is 1. The van der Waals surface area contributed by atoms with Gasteiger partial charge in [0, 0.05) is 18.8 Å². The van der Waals surface area contributed by atoms with E-state index >= 15 is 0 Å². The van der Waals surface area contributed by atoms with Crippen LogP contribution in [0.1, 0.15) is 23.2 Å². The number of hydrogen-bond donors (Lipinski definition) is 2. The largest absolute Gasteiger partial charge is 0.398 e. The molecule has 1 aliphatic heterocycles. The zero-order valence-corrected chi connectivity index (χ0v) is 10.3. The van der Waals surface area contributed by atoms with E-state index in [1.165, 1.54) is 25.0 Å². The van der Waals surface area contributed by atoms with Crippen LogP contribution in [0.25, 0.3) is 0 Å². The maximum Gasteiger partial charge on any atom is 0.253 e. The van der Waals surface area contributed by atoms with Crippen LogP contribution >= 0.6 is 0 Å². The number of nitrogens with two attached hydrogens (primary N) is 1. The monoisotopic (exact) mass is 251 g/mol. The van der Waals surface area contributed by atoms with Gasteiger partial charge in [-0.1, -0.05) is 0 Å². The summed E-state index contributed by atoms with van der Waals surface area (Å²) in [4.78, 5) is 14.1. The van der Waals surface area contributed by atoms with E-state index < -0.39 is 5.82 Å². The van der Waals surface area contributed by atoms with Gasteiger partial charge < -0.3 is 16.0 Å². The van der Waals surface area contributed by atoms with Gasteiger partial charge in [-0.3, -0.25) is 4.79 Å². The molecule has 18 heavy (non-hydrogen) atoms.